The number of fused-ring (bicyclic) bond motifs is 1. The fraction of sp³-hybridized carbons (Fsp3) is 0.348. The maximum Gasteiger partial charge on any atom is 0.200 e. The highest BCUT2D eigenvalue weighted by Gasteiger charge is 2.19. The first-order valence-electron chi connectivity index (χ1n) is 9.72. The third-order valence-electron chi connectivity index (χ3n) is 4.91. The van der Waals surface area contributed by atoms with E-state index >= 15 is 0 Å². The Morgan fingerprint density at radius 2 is 1.68 bits per heavy atom. The van der Waals surface area contributed by atoms with Crippen LogP contribution < -0.4 is 5.43 Å². The summed E-state index contributed by atoms with van der Waals surface area (Å²) in [6.07, 6.45) is 2.06. The summed E-state index contributed by atoms with van der Waals surface area (Å²) >= 11 is 3.43. The third kappa shape index (κ3) is 4.15. The molecule has 1 aromatic heterocycles. The van der Waals surface area contributed by atoms with Crippen molar-refractivity contribution in [3.8, 4) is 16.9 Å². The van der Waals surface area contributed by atoms with E-state index in [2.05, 4.69) is 34.7 Å². The lowest BCUT2D eigenvalue weighted by Crippen LogP contribution is -2.25. The van der Waals surface area contributed by atoms with Crippen molar-refractivity contribution in [2.45, 2.75) is 40.2 Å². The Kier molecular flexibility index (Phi) is 6.57. The van der Waals surface area contributed by atoms with Gasteiger partial charge in [0.25, 0.3) is 0 Å². The molecule has 5 heteroatoms. The minimum absolute atomic E-state index is 0.0696. The Balaban J connectivity index is 2.16. The highest BCUT2D eigenvalue weighted by molar-refractivity contribution is 9.10. The Hall–Kier alpha value is -2.11. The van der Waals surface area contributed by atoms with Gasteiger partial charge in [0.15, 0.2) is 0 Å². The molecule has 0 aliphatic heterocycles. The molecule has 1 N–H and O–H groups in total. The fourth-order valence-electron chi connectivity index (χ4n) is 3.64. The van der Waals surface area contributed by atoms with Crippen LogP contribution in [0.15, 0.2) is 50.1 Å². The van der Waals surface area contributed by atoms with Gasteiger partial charge in [0.1, 0.15) is 17.1 Å². The molecule has 1 heterocycles. The Labute approximate surface area is 173 Å². The minimum atomic E-state index is -0.0696. The first-order valence-corrected chi connectivity index (χ1v) is 10.5. The second kappa shape index (κ2) is 8.93. The molecule has 0 aliphatic rings. The number of aryl methyl sites for hydroxylation is 1. The first-order chi connectivity index (χ1) is 13.5. The number of hydrogen-bond acceptors (Lipinski definition) is 4. The molecule has 0 saturated carbocycles. The summed E-state index contributed by atoms with van der Waals surface area (Å²) in [4.78, 5) is 15.6. The van der Waals surface area contributed by atoms with Gasteiger partial charge in [-0.25, -0.2) is 0 Å². The lowest BCUT2D eigenvalue weighted by atomic mass is 10.0. The van der Waals surface area contributed by atoms with E-state index in [9.17, 15) is 9.90 Å². The summed E-state index contributed by atoms with van der Waals surface area (Å²) in [6.45, 7) is 8.52. The van der Waals surface area contributed by atoms with Crippen molar-refractivity contribution in [2.75, 3.05) is 13.1 Å². The van der Waals surface area contributed by atoms with Gasteiger partial charge in [0.05, 0.1) is 16.5 Å². The summed E-state index contributed by atoms with van der Waals surface area (Å²) in [5.74, 6) is 0.729. The maximum absolute atomic E-state index is 13.3. The molecule has 0 amide bonds. The van der Waals surface area contributed by atoms with E-state index in [1.54, 1.807) is 12.1 Å². The zero-order valence-electron chi connectivity index (χ0n) is 16.6. The lowest BCUT2D eigenvalue weighted by molar-refractivity contribution is 0.262. The molecule has 0 saturated heterocycles. The van der Waals surface area contributed by atoms with E-state index in [0.29, 0.717) is 34.4 Å². The topological polar surface area (TPSA) is 53.7 Å². The van der Waals surface area contributed by atoms with E-state index in [-0.39, 0.29) is 11.2 Å². The minimum Gasteiger partial charge on any atom is -0.507 e. The first kappa shape index (κ1) is 20.6. The summed E-state index contributed by atoms with van der Waals surface area (Å²) < 4.78 is 7.09. The Bertz CT molecular complexity index is 1020. The zero-order chi connectivity index (χ0) is 20.3. The molecule has 0 radical (unpaired) electrons. The van der Waals surface area contributed by atoms with Gasteiger partial charge in [-0.2, -0.15) is 0 Å². The molecule has 4 nitrogen and oxygen atoms in total. The number of halogens is 1. The largest absolute Gasteiger partial charge is 0.507 e. The summed E-state index contributed by atoms with van der Waals surface area (Å²) in [5.41, 5.74) is 2.49. The van der Waals surface area contributed by atoms with E-state index < -0.39 is 0 Å². The van der Waals surface area contributed by atoms with Crippen LogP contribution in [0.5, 0.6) is 5.75 Å². The van der Waals surface area contributed by atoms with Gasteiger partial charge in [-0.3, -0.25) is 9.69 Å². The number of benzene rings is 2. The molecule has 0 bridgehead atoms. The van der Waals surface area contributed by atoms with Gasteiger partial charge in [0.2, 0.25) is 5.43 Å². The van der Waals surface area contributed by atoms with Crippen LogP contribution in [0.4, 0.5) is 0 Å². The van der Waals surface area contributed by atoms with Crippen LogP contribution in [0.1, 0.15) is 38.0 Å². The predicted octanol–water partition coefficient (Wildman–Crippen LogP) is 5.86. The van der Waals surface area contributed by atoms with Gasteiger partial charge in [0, 0.05) is 11.0 Å². The van der Waals surface area contributed by atoms with Crippen LogP contribution >= 0.6 is 15.9 Å². The Morgan fingerprint density at radius 1 is 1.04 bits per heavy atom. The second-order valence-corrected chi connectivity index (χ2v) is 8.00. The molecular weight excluding hydrogens is 418 g/mol. The summed E-state index contributed by atoms with van der Waals surface area (Å²) in [5, 5.41) is 11.0. The van der Waals surface area contributed by atoms with Crippen LogP contribution in [0.2, 0.25) is 0 Å². The summed E-state index contributed by atoms with van der Waals surface area (Å²) in [6, 6.07) is 10.9. The number of phenolic OH excluding ortho intramolecular Hbond substituents is 1. The average Bonchev–Trinajstić information content (AvgIpc) is 2.66. The van der Waals surface area contributed by atoms with Crippen molar-refractivity contribution in [3.05, 3.63) is 62.4 Å². The second-order valence-electron chi connectivity index (χ2n) is 7.09. The highest BCUT2D eigenvalue weighted by Crippen LogP contribution is 2.31. The van der Waals surface area contributed by atoms with Crippen molar-refractivity contribution in [1.82, 2.24) is 4.90 Å². The molecule has 148 valence electrons. The average molecular weight is 444 g/mol. The normalized spacial score (nSPS) is 11.5. The smallest absolute Gasteiger partial charge is 0.200 e. The third-order valence-corrected chi connectivity index (χ3v) is 5.44. The zero-order valence-corrected chi connectivity index (χ0v) is 18.2. The van der Waals surface area contributed by atoms with Crippen molar-refractivity contribution >= 4 is 26.9 Å². The van der Waals surface area contributed by atoms with Crippen LogP contribution in [0.25, 0.3) is 22.1 Å². The highest BCUT2D eigenvalue weighted by atomic mass is 79.9. The molecule has 28 heavy (non-hydrogen) atoms. The lowest BCUT2D eigenvalue weighted by Gasteiger charge is -2.22. The summed E-state index contributed by atoms with van der Waals surface area (Å²) in [7, 11) is 0. The molecular formula is C23H26BrNO3. The van der Waals surface area contributed by atoms with Crippen molar-refractivity contribution in [1.29, 1.82) is 0 Å². The SMILES string of the molecule is CCCN(CCC)Cc1c(O)ccc2c(=O)c(-c3ccc(Br)cc3)c(C)oc12. The van der Waals surface area contributed by atoms with E-state index in [1.165, 1.54) is 0 Å². The van der Waals surface area contributed by atoms with Gasteiger partial charge in [-0.05, 0) is 62.7 Å². The monoisotopic (exact) mass is 443 g/mol. The van der Waals surface area contributed by atoms with Crippen LogP contribution in [0, 0.1) is 6.92 Å². The standard InChI is InChI=1S/C23H26BrNO3/c1-4-12-25(13-5-2)14-19-20(26)11-10-18-22(27)21(15(3)28-23(18)19)16-6-8-17(24)9-7-16/h6-11,26H,4-5,12-14H2,1-3H3. The molecule has 0 unspecified atom stereocenters. The quantitative estimate of drug-likeness (QED) is 0.496. The number of rotatable bonds is 7. The predicted molar refractivity (Wildman–Crippen MR) is 118 cm³/mol. The van der Waals surface area contributed by atoms with E-state index in [1.807, 2.05) is 31.2 Å². The number of phenols is 1. The molecule has 0 fully saturated rings. The fourth-order valence-corrected chi connectivity index (χ4v) is 3.91. The van der Waals surface area contributed by atoms with Crippen LogP contribution in [-0.2, 0) is 6.54 Å². The van der Waals surface area contributed by atoms with Crippen molar-refractivity contribution < 1.29 is 9.52 Å². The van der Waals surface area contributed by atoms with Crippen LogP contribution in [0.3, 0.4) is 0 Å². The molecule has 3 rings (SSSR count). The maximum atomic E-state index is 13.3. The van der Waals surface area contributed by atoms with Crippen molar-refractivity contribution in [3.63, 3.8) is 0 Å². The number of aromatic hydroxyl groups is 1. The van der Waals surface area contributed by atoms with Crippen LogP contribution in [-0.4, -0.2) is 23.1 Å². The van der Waals surface area contributed by atoms with Gasteiger partial charge < -0.3 is 9.52 Å². The number of hydrogen-bond donors (Lipinski definition) is 1. The van der Waals surface area contributed by atoms with E-state index in [0.717, 1.165) is 36.0 Å². The van der Waals surface area contributed by atoms with Gasteiger partial charge in [-0.1, -0.05) is 41.9 Å². The van der Waals surface area contributed by atoms with Crippen molar-refractivity contribution in [2.24, 2.45) is 0 Å². The van der Waals surface area contributed by atoms with Gasteiger partial charge >= 0.3 is 0 Å². The molecule has 2 aromatic carbocycles. The van der Waals surface area contributed by atoms with Gasteiger partial charge in [-0.15, -0.1) is 0 Å². The number of nitrogens with zero attached hydrogens (tertiary/aromatic N) is 1. The molecule has 0 spiro atoms. The molecule has 0 atom stereocenters. The molecule has 0 aliphatic carbocycles. The molecule has 3 aromatic rings. The Morgan fingerprint density at radius 3 is 2.29 bits per heavy atom. The van der Waals surface area contributed by atoms with E-state index in [4.69, 9.17) is 4.42 Å².